The minimum Gasteiger partial charge on any atom is -0.271 e. The Morgan fingerprint density at radius 3 is 2.65 bits per heavy atom. The fourth-order valence-corrected chi connectivity index (χ4v) is 3.71. The van der Waals surface area contributed by atoms with Gasteiger partial charge in [-0.2, -0.15) is 0 Å². The SMILES string of the molecule is CCCCC1CCC(C(NN)c2cccc(Cl)c2)CC1. The zero-order chi connectivity index (χ0) is 14.4. The van der Waals surface area contributed by atoms with Gasteiger partial charge >= 0.3 is 0 Å². The van der Waals surface area contributed by atoms with E-state index in [1.165, 1.54) is 50.5 Å². The van der Waals surface area contributed by atoms with Crippen LogP contribution in [-0.4, -0.2) is 0 Å². The van der Waals surface area contributed by atoms with Gasteiger partial charge in [-0.25, -0.2) is 0 Å². The molecule has 0 aromatic heterocycles. The molecule has 2 nitrogen and oxygen atoms in total. The molecule has 0 heterocycles. The minimum absolute atomic E-state index is 0.237. The van der Waals surface area contributed by atoms with Crippen molar-refractivity contribution in [1.82, 2.24) is 5.43 Å². The van der Waals surface area contributed by atoms with Crippen LogP contribution in [0, 0.1) is 11.8 Å². The van der Waals surface area contributed by atoms with E-state index in [9.17, 15) is 0 Å². The highest BCUT2D eigenvalue weighted by molar-refractivity contribution is 6.30. The topological polar surface area (TPSA) is 38.0 Å². The van der Waals surface area contributed by atoms with E-state index < -0.39 is 0 Å². The van der Waals surface area contributed by atoms with Gasteiger partial charge in [0, 0.05) is 11.1 Å². The summed E-state index contributed by atoms with van der Waals surface area (Å²) in [7, 11) is 0. The van der Waals surface area contributed by atoms with Crippen LogP contribution in [0.15, 0.2) is 24.3 Å². The predicted molar refractivity (Wildman–Crippen MR) is 86.5 cm³/mol. The van der Waals surface area contributed by atoms with Crippen LogP contribution >= 0.6 is 11.6 Å². The molecular formula is C17H27ClN2. The second-order valence-corrected chi connectivity index (χ2v) is 6.56. The monoisotopic (exact) mass is 294 g/mol. The first-order valence-electron chi connectivity index (χ1n) is 7.96. The summed E-state index contributed by atoms with van der Waals surface area (Å²) in [5, 5.41) is 0.791. The quantitative estimate of drug-likeness (QED) is 0.582. The first kappa shape index (κ1) is 15.8. The van der Waals surface area contributed by atoms with Gasteiger partial charge in [0.15, 0.2) is 0 Å². The Morgan fingerprint density at radius 2 is 2.05 bits per heavy atom. The van der Waals surface area contributed by atoms with Crippen LogP contribution in [0.4, 0.5) is 0 Å². The zero-order valence-corrected chi connectivity index (χ0v) is 13.2. The minimum atomic E-state index is 0.237. The molecule has 1 saturated carbocycles. The van der Waals surface area contributed by atoms with E-state index in [0.29, 0.717) is 5.92 Å². The van der Waals surface area contributed by atoms with Crippen LogP contribution in [-0.2, 0) is 0 Å². The summed E-state index contributed by atoms with van der Waals surface area (Å²) in [6, 6.07) is 8.32. The van der Waals surface area contributed by atoms with Crippen molar-refractivity contribution in [3.8, 4) is 0 Å². The van der Waals surface area contributed by atoms with Gasteiger partial charge in [0.25, 0.3) is 0 Å². The standard InChI is InChI=1S/C17H27ClN2/c1-2-3-5-13-8-10-14(11-9-13)17(20-19)15-6-4-7-16(18)12-15/h4,6-7,12-14,17,20H,2-3,5,8-11,19H2,1H3. The van der Waals surface area contributed by atoms with Crippen LogP contribution in [0.2, 0.25) is 5.02 Å². The number of benzene rings is 1. The Kier molecular flexibility index (Phi) is 6.34. The number of unbranched alkanes of at least 4 members (excludes halogenated alkanes) is 1. The molecule has 1 atom stereocenters. The number of hydrogen-bond acceptors (Lipinski definition) is 2. The van der Waals surface area contributed by atoms with Crippen molar-refractivity contribution in [3.05, 3.63) is 34.9 Å². The molecule has 0 bridgehead atoms. The fourth-order valence-electron chi connectivity index (χ4n) is 3.51. The van der Waals surface area contributed by atoms with Crippen LogP contribution < -0.4 is 11.3 Å². The molecule has 0 spiro atoms. The Bertz CT molecular complexity index is 400. The van der Waals surface area contributed by atoms with Gasteiger partial charge in [0.2, 0.25) is 0 Å². The summed E-state index contributed by atoms with van der Waals surface area (Å²) >= 11 is 6.10. The second-order valence-electron chi connectivity index (χ2n) is 6.12. The molecule has 0 radical (unpaired) electrons. The molecule has 0 aliphatic heterocycles. The summed E-state index contributed by atoms with van der Waals surface area (Å²) in [5.41, 5.74) is 4.23. The molecule has 1 aliphatic rings. The van der Waals surface area contributed by atoms with E-state index in [2.05, 4.69) is 18.4 Å². The Labute approximate surface area is 128 Å². The lowest BCUT2D eigenvalue weighted by Crippen LogP contribution is -2.35. The summed E-state index contributed by atoms with van der Waals surface area (Å²) in [5.74, 6) is 7.38. The molecule has 2 rings (SSSR count). The zero-order valence-electron chi connectivity index (χ0n) is 12.4. The highest BCUT2D eigenvalue weighted by atomic mass is 35.5. The summed E-state index contributed by atoms with van der Waals surface area (Å²) in [6.45, 7) is 2.28. The van der Waals surface area contributed by atoms with Crippen molar-refractivity contribution >= 4 is 11.6 Å². The van der Waals surface area contributed by atoms with Crippen LogP contribution in [0.5, 0.6) is 0 Å². The van der Waals surface area contributed by atoms with Crippen molar-refractivity contribution < 1.29 is 0 Å². The Hall–Kier alpha value is -0.570. The molecule has 3 heteroatoms. The third-order valence-corrected chi connectivity index (χ3v) is 4.95. The molecule has 1 fully saturated rings. The number of halogens is 1. The number of nitrogens with two attached hydrogens (primary N) is 1. The van der Waals surface area contributed by atoms with E-state index in [0.717, 1.165) is 10.9 Å². The average Bonchev–Trinajstić information content (AvgIpc) is 2.47. The van der Waals surface area contributed by atoms with Gasteiger partial charge in [0.05, 0.1) is 0 Å². The molecule has 1 aromatic rings. The number of rotatable bonds is 6. The van der Waals surface area contributed by atoms with Gasteiger partial charge < -0.3 is 0 Å². The van der Waals surface area contributed by atoms with Crippen molar-refractivity contribution in [2.24, 2.45) is 17.7 Å². The Balaban J connectivity index is 1.93. The third kappa shape index (κ3) is 4.21. The molecule has 1 unspecified atom stereocenters. The smallest absolute Gasteiger partial charge is 0.0488 e. The normalized spacial score (nSPS) is 24.6. The maximum atomic E-state index is 6.10. The third-order valence-electron chi connectivity index (χ3n) is 4.72. The molecule has 1 aromatic carbocycles. The molecular weight excluding hydrogens is 268 g/mol. The molecule has 0 amide bonds. The average molecular weight is 295 g/mol. The van der Waals surface area contributed by atoms with Crippen molar-refractivity contribution in [2.75, 3.05) is 0 Å². The van der Waals surface area contributed by atoms with Gasteiger partial charge in [-0.1, -0.05) is 62.8 Å². The van der Waals surface area contributed by atoms with Crippen molar-refractivity contribution in [3.63, 3.8) is 0 Å². The molecule has 0 saturated heterocycles. The summed E-state index contributed by atoms with van der Waals surface area (Å²) < 4.78 is 0. The van der Waals surface area contributed by atoms with E-state index >= 15 is 0 Å². The van der Waals surface area contributed by atoms with Crippen molar-refractivity contribution in [1.29, 1.82) is 0 Å². The van der Waals surface area contributed by atoms with E-state index in [4.69, 9.17) is 17.4 Å². The highest BCUT2D eigenvalue weighted by Gasteiger charge is 2.27. The number of nitrogens with one attached hydrogen (secondary N) is 1. The first-order chi connectivity index (χ1) is 9.74. The second kappa shape index (κ2) is 8.02. The van der Waals surface area contributed by atoms with Crippen LogP contribution in [0.3, 0.4) is 0 Å². The number of hydrazine groups is 1. The van der Waals surface area contributed by atoms with Gasteiger partial charge in [-0.3, -0.25) is 11.3 Å². The highest BCUT2D eigenvalue weighted by Crippen LogP contribution is 2.38. The molecule has 112 valence electrons. The van der Waals surface area contributed by atoms with Crippen LogP contribution in [0.1, 0.15) is 63.5 Å². The maximum absolute atomic E-state index is 6.10. The summed E-state index contributed by atoms with van der Waals surface area (Å²) in [6.07, 6.45) is 9.34. The lowest BCUT2D eigenvalue weighted by Gasteiger charge is -2.34. The largest absolute Gasteiger partial charge is 0.271 e. The maximum Gasteiger partial charge on any atom is 0.0488 e. The Morgan fingerprint density at radius 1 is 1.30 bits per heavy atom. The van der Waals surface area contributed by atoms with E-state index in [1.807, 2.05) is 18.2 Å². The van der Waals surface area contributed by atoms with E-state index in [-0.39, 0.29) is 6.04 Å². The van der Waals surface area contributed by atoms with Crippen LogP contribution in [0.25, 0.3) is 0 Å². The predicted octanol–water partition coefficient (Wildman–Crippen LogP) is 4.84. The van der Waals surface area contributed by atoms with Crippen molar-refractivity contribution in [2.45, 2.75) is 57.9 Å². The lowest BCUT2D eigenvalue weighted by atomic mass is 9.75. The molecule has 1 aliphatic carbocycles. The van der Waals surface area contributed by atoms with Gasteiger partial charge in [-0.15, -0.1) is 0 Å². The van der Waals surface area contributed by atoms with Gasteiger partial charge in [-0.05, 0) is 42.4 Å². The lowest BCUT2D eigenvalue weighted by molar-refractivity contribution is 0.213. The summed E-state index contributed by atoms with van der Waals surface area (Å²) in [4.78, 5) is 0. The number of hydrogen-bond donors (Lipinski definition) is 2. The van der Waals surface area contributed by atoms with E-state index in [1.54, 1.807) is 0 Å². The fraction of sp³-hybridized carbons (Fsp3) is 0.647. The molecule has 20 heavy (non-hydrogen) atoms. The molecule has 3 N–H and O–H groups in total. The van der Waals surface area contributed by atoms with Gasteiger partial charge in [0.1, 0.15) is 0 Å². The first-order valence-corrected chi connectivity index (χ1v) is 8.34.